The zero-order chi connectivity index (χ0) is 12.3. The van der Waals surface area contributed by atoms with Crippen molar-refractivity contribution in [3.63, 3.8) is 0 Å². The van der Waals surface area contributed by atoms with Gasteiger partial charge in [0.05, 0.1) is 0 Å². The van der Waals surface area contributed by atoms with E-state index in [1.807, 2.05) is 26.2 Å². The van der Waals surface area contributed by atoms with Crippen LogP contribution in [0, 0.1) is 12.7 Å². The molecule has 1 unspecified atom stereocenters. The van der Waals surface area contributed by atoms with Crippen molar-refractivity contribution in [1.82, 2.24) is 10.6 Å². The molecule has 0 spiro atoms. The second kappa shape index (κ2) is 4.93. The first-order valence-electron chi connectivity index (χ1n) is 5.54. The molecule has 0 heterocycles. The minimum Gasteiger partial charge on any atom is -0.313 e. The molecule has 2 N–H and O–H groups in total. The summed E-state index contributed by atoms with van der Waals surface area (Å²) in [5.41, 5.74) is 1.70. The molecular formula is C13H21FN2. The van der Waals surface area contributed by atoms with E-state index >= 15 is 0 Å². The highest BCUT2D eigenvalue weighted by Gasteiger charge is 2.27. The highest BCUT2D eigenvalue weighted by atomic mass is 19.1. The van der Waals surface area contributed by atoms with Crippen molar-refractivity contribution >= 4 is 0 Å². The van der Waals surface area contributed by atoms with E-state index in [4.69, 9.17) is 0 Å². The number of halogens is 1. The number of rotatable bonds is 4. The maximum atomic E-state index is 13.2. The van der Waals surface area contributed by atoms with Gasteiger partial charge in [0, 0.05) is 11.6 Å². The third kappa shape index (κ3) is 2.60. The second-order valence-corrected chi connectivity index (χ2v) is 4.70. The minimum atomic E-state index is -0.152. The lowest BCUT2D eigenvalue weighted by atomic mass is 9.88. The minimum absolute atomic E-state index is 0.0843. The Bertz CT molecular complexity index is 361. The Morgan fingerprint density at radius 2 is 1.88 bits per heavy atom. The third-order valence-corrected chi connectivity index (χ3v) is 3.17. The Kier molecular flexibility index (Phi) is 4.05. The SMILES string of the molecule is CNC(c1ccc(F)c(C)c1)C(C)(C)NC. The van der Waals surface area contributed by atoms with Crippen molar-refractivity contribution in [1.29, 1.82) is 0 Å². The fourth-order valence-electron chi connectivity index (χ4n) is 1.94. The van der Waals surface area contributed by atoms with Crippen LogP contribution >= 0.6 is 0 Å². The van der Waals surface area contributed by atoms with Crippen LogP contribution in [0.5, 0.6) is 0 Å². The largest absolute Gasteiger partial charge is 0.313 e. The van der Waals surface area contributed by atoms with Crippen LogP contribution in [0.3, 0.4) is 0 Å². The van der Waals surface area contributed by atoms with E-state index in [9.17, 15) is 4.39 Å². The normalized spacial score (nSPS) is 13.9. The monoisotopic (exact) mass is 224 g/mol. The van der Waals surface area contributed by atoms with Gasteiger partial charge >= 0.3 is 0 Å². The van der Waals surface area contributed by atoms with Crippen LogP contribution in [-0.2, 0) is 0 Å². The lowest BCUT2D eigenvalue weighted by Crippen LogP contribution is -2.47. The van der Waals surface area contributed by atoms with Crippen LogP contribution in [0.2, 0.25) is 0 Å². The average molecular weight is 224 g/mol. The maximum Gasteiger partial charge on any atom is 0.126 e. The van der Waals surface area contributed by atoms with E-state index < -0.39 is 0 Å². The van der Waals surface area contributed by atoms with Gasteiger partial charge in [0.15, 0.2) is 0 Å². The Labute approximate surface area is 97.3 Å². The highest BCUT2D eigenvalue weighted by molar-refractivity contribution is 5.28. The predicted octanol–water partition coefficient (Wildman–Crippen LogP) is 2.39. The van der Waals surface area contributed by atoms with Crippen molar-refractivity contribution < 1.29 is 4.39 Å². The predicted molar refractivity (Wildman–Crippen MR) is 66.1 cm³/mol. The summed E-state index contributed by atoms with van der Waals surface area (Å²) >= 11 is 0. The van der Waals surface area contributed by atoms with Gasteiger partial charge in [-0.1, -0.05) is 12.1 Å². The van der Waals surface area contributed by atoms with Gasteiger partial charge in [0.2, 0.25) is 0 Å². The summed E-state index contributed by atoms with van der Waals surface area (Å²) in [7, 11) is 3.85. The van der Waals surface area contributed by atoms with Crippen LogP contribution in [0.15, 0.2) is 18.2 Å². The molecule has 16 heavy (non-hydrogen) atoms. The summed E-state index contributed by atoms with van der Waals surface area (Å²) in [6, 6.07) is 5.41. The number of aryl methyl sites for hydroxylation is 1. The van der Waals surface area contributed by atoms with Gasteiger partial charge in [-0.3, -0.25) is 0 Å². The number of likely N-dealkylation sites (N-methyl/N-ethyl adjacent to an activating group) is 2. The lowest BCUT2D eigenvalue weighted by Gasteiger charge is -2.34. The third-order valence-electron chi connectivity index (χ3n) is 3.17. The quantitative estimate of drug-likeness (QED) is 0.820. The van der Waals surface area contributed by atoms with Crippen molar-refractivity contribution in [2.24, 2.45) is 0 Å². The summed E-state index contributed by atoms with van der Waals surface area (Å²) < 4.78 is 13.2. The first-order chi connectivity index (χ1) is 7.42. The maximum absolute atomic E-state index is 13.2. The molecule has 2 nitrogen and oxygen atoms in total. The van der Waals surface area contributed by atoms with Gasteiger partial charge in [0.25, 0.3) is 0 Å². The molecule has 0 aromatic heterocycles. The van der Waals surface area contributed by atoms with Crippen LogP contribution in [0.4, 0.5) is 4.39 Å². The summed E-state index contributed by atoms with van der Waals surface area (Å²) in [6.45, 7) is 6.03. The molecule has 0 fully saturated rings. The van der Waals surface area contributed by atoms with E-state index in [-0.39, 0.29) is 17.4 Å². The van der Waals surface area contributed by atoms with Crippen LogP contribution in [0.25, 0.3) is 0 Å². The van der Waals surface area contributed by atoms with Crippen molar-refractivity contribution in [2.45, 2.75) is 32.4 Å². The molecular weight excluding hydrogens is 203 g/mol. The van der Waals surface area contributed by atoms with Gasteiger partial charge in [-0.25, -0.2) is 4.39 Å². The van der Waals surface area contributed by atoms with Crippen molar-refractivity contribution in [3.8, 4) is 0 Å². The van der Waals surface area contributed by atoms with Crippen LogP contribution < -0.4 is 10.6 Å². The van der Waals surface area contributed by atoms with Gasteiger partial charge in [-0.2, -0.15) is 0 Å². The fourth-order valence-corrected chi connectivity index (χ4v) is 1.94. The van der Waals surface area contributed by atoms with E-state index in [1.165, 1.54) is 6.07 Å². The molecule has 90 valence electrons. The molecule has 0 bridgehead atoms. The molecule has 0 aliphatic carbocycles. The smallest absolute Gasteiger partial charge is 0.126 e. The Balaban J connectivity index is 3.09. The summed E-state index contributed by atoms with van der Waals surface area (Å²) in [4.78, 5) is 0. The average Bonchev–Trinajstić information content (AvgIpc) is 2.24. The molecule has 1 aromatic carbocycles. The molecule has 0 aliphatic heterocycles. The second-order valence-electron chi connectivity index (χ2n) is 4.70. The van der Waals surface area contributed by atoms with Crippen LogP contribution in [-0.4, -0.2) is 19.6 Å². The Hall–Kier alpha value is -0.930. The molecule has 1 aromatic rings. The summed E-state index contributed by atoms with van der Waals surface area (Å²) in [5, 5.41) is 6.54. The number of benzene rings is 1. The zero-order valence-electron chi connectivity index (χ0n) is 10.7. The molecule has 1 atom stereocenters. The van der Waals surface area contributed by atoms with Gasteiger partial charge < -0.3 is 10.6 Å². The number of hydrogen-bond donors (Lipinski definition) is 2. The van der Waals surface area contributed by atoms with E-state index in [1.54, 1.807) is 6.92 Å². The molecule has 1 rings (SSSR count). The molecule has 0 radical (unpaired) electrons. The van der Waals surface area contributed by atoms with E-state index in [2.05, 4.69) is 24.5 Å². The Morgan fingerprint density at radius 1 is 1.25 bits per heavy atom. The molecule has 0 saturated heterocycles. The van der Waals surface area contributed by atoms with Gasteiger partial charge in [-0.05, 0) is 52.1 Å². The topological polar surface area (TPSA) is 24.1 Å². The van der Waals surface area contributed by atoms with E-state index in [0.717, 1.165) is 5.56 Å². The van der Waals surface area contributed by atoms with Gasteiger partial charge in [0.1, 0.15) is 5.82 Å². The standard InChI is InChI=1S/C13H21FN2/c1-9-8-10(6-7-11(9)14)12(15-4)13(2,3)16-5/h6-8,12,15-16H,1-5H3. The summed E-state index contributed by atoms with van der Waals surface area (Å²) in [6.07, 6.45) is 0. The molecule has 3 heteroatoms. The molecule has 0 aliphatic rings. The molecule has 0 saturated carbocycles. The Morgan fingerprint density at radius 3 is 2.31 bits per heavy atom. The number of hydrogen-bond acceptors (Lipinski definition) is 2. The summed E-state index contributed by atoms with van der Waals surface area (Å²) in [5.74, 6) is -0.152. The molecule has 0 amide bonds. The highest BCUT2D eigenvalue weighted by Crippen LogP contribution is 2.26. The fraction of sp³-hybridized carbons (Fsp3) is 0.538. The number of nitrogens with one attached hydrogen (secondary N) is 2. The van der Waals surface area contributed by atoms with Crippen LogP contribution in [0.1, 0.15) is 31.0 Å². The first-order valence-corrected chi connectivity index (χ1v) is 5.54. The zero-order valence-corrected chi connectivity index (χ0v) is 10.7. The van der Waals surface area contributed by atoms with E-state index in [0.29, 0.717) is 5.56 Å². The first kappa shape index (κ1) is 13.1. The van der Waals surface area contributed by atoms with Gasteiger partial charge in [-0.15, -0.1) is 0 Å². The lowest BCUT2D eigenvalue weighted by molar-refractivity contribution is 0.311. The van der Waals surface area contributed by atoms with Crippen molar-refractivity contribution in [2.75, 3.05) is 14.1 Å². The van der Waals surface area contributed by atoms with Crippen molar-refractivity contribution in [3.05, 3.63) is 35.1 Å².